The third-order valence-corrected chi connectivity index (χ3v) is 1.71. The van der Waals surface area contributed by atoms with Gasteiger partial charge in [0.2, 0.25) is 0 Å². The van der Waals surface area contributed by atoms with Gasteiger partial charge in [-0.05, 0) is 6.92 Å². The first kappa shape index (κ1) is 13.1. The van der Waals surface area contributed by atoms with Crippen molar-refractivity contribution in [3.8, 4) is 0 Å². The molecule has 0 spiro atoms. The summed E-state index contributed by atoms with van der Waals surface area (Å²) in [4.78, 5) is 21.6. The molecule has 0 rings (SSSR count). The number of Topliss-reactive ketones (excluding diaryl/α,β-unsaturated/α-hetero) is 1. The fraction of sp³-hybridized carbons (Fsp3) is 0.800. The lowest BCUT2D eigenvalue weighted by molar-refractivity contribution is -0.870. The number of nitrogens with zero attached hydrogens (tertiary/aromatic N) is 1. The Kier molecular flexibility index (Phi) is 5.38. The minimum absolute atomic E-state index is 0.0218. The van der Waals surface area contributed by atoms with Gasteiger partial charge in [0.1, 0.15) is 18.9 Å². The molecule has 4 heteroatoms. The summed E-state index contributed by atoms with van der Waals surface area (Å²) in [5.41, 5.74) is 0. The number of ketones is 1. The molecule has 14 heavy (non-hydrogen) atoms. The number of esters is 1. The highest BCUT2D eigenvalue weighted by Gasteiger charge is 2.09. The van der Waals surface area contributed by atoms with Crippen molar-refractivity contribution < 1.29 is 18.8 Å². The van der Waals surface area contributed by atoms with Gasteiger partial charge in [0, 0.05) is 6.42 Å². The molecule has 0 N–H and O–H groups in total. The van der Waals surface area contributed by atoms with Crippen LogP contribution in [0, 0.1) is 0 Å². The fourth-order valence-electron chi connectivity index (χ4n) is 0.784. The van der Waals surface area contributed by atoms with E-state index in [1.54, 1.807) is 0 Å². The highest BCUT2D eigenvalue weighted by Crippen LogP contribution is 1.95. The Morgan fingerprint density at radius 2 is 1.71 bits per heavy atom. The van der Waals surface area contributed by atoms with E-state index in [0.717, 1.165) is 11.0 Å². The van der Waals surface area contributed by atoms with E-state index in [1.807, 2.05) is 21.1 Å². The number of quaternary nitrogens is 1. The summed E-state index contributed by atoms with van der Waals surface area (Å²) in [7, 11) is 6.09. The SMILES string of the molecule is CC(=O)CCC(=O)OCC[N+](C)(C)C. The molecule has 0 aliphatic carbocycles. The smallest absolute Gasteiger partial charge is 0.306 e. The second-order valence-corrected chi connectivity index (χ2v) is 4.44. The Morgan fingerprint density at radius 3 is 2.14 bits per heavy atom. The largest absolute Gasteiger partial charge is 0.460 e. The molecular formula is C10H20NO3+. The van der Waals surface area contributed by atoms with Crippen LogP contribution < -0.4 is 0 Å². The van der Waals surface area contributed by atoms with Gasteiger partial charge in [0.05, 0.1) is 27.6 Å². The summed E-state index contributed by atoms with van der Waals surface area (Å²) in [6, 6.07) is 0. The molecule has 0 saturated carbocycles. The molecule has 0 saturated heterocycles. The van der Waals surface area contributed by atoms with Crippen molar-refractivity contribution in [3.63, 3.8) is 0 Å². The minimum Gasteiger partial charge on any atom is -0.460 e. The van der Waals surface area contributed by atoms with Gasteiger partial charge in [0.15, 0.2) is 0 Å². The van der Waals surface area contributed by atoms with Gasteiger partial charge < -0.3 is 14.0 Å². The van der Waals surface area contributed by atoms with Crippen LogP contribution in [0.5, 0.6) is 0 Å². The average Bonchev–Trinajstić information content (AvgIpc) is 1.98. The van der Waals surface area contributed by atoms with Gasteiger partial charge >= 0.3 is 5.97 Å². The molecule has 4 nitrogen and oxygen atoms in total. The van der Waals surface area contributed by atoms with Crippen molar-refractivity contribution in [2.75, 3.05) is 34.3 Å². The second kappa shape index (κ2) is 5.75. The monoisotopic (exact) mass is 202 g/mol. The number of likely N-dealkylation sites (N-methyl/N-ethyl adjacent to an activating group) is 1. The van der Waals surface area contributed by atoms with E-state index in [0.29, 0.717) is 6.61 Å². The standard InChI is InChI=1S/C10H20NO3/c1-9(12)5-6-10(13)14-8-7-11(2,3)4/h5-8H2,1-4H3/q+1. The zero-order valence-corrected chi connectivity index (χ0v) is 9.50. The van der Waals surface area contributed by atoms with Crippen molar-refractivity contribution in [2.45, 2.75) is 19.8 Å². The van der Waals surface area contributed by atoms with Gasteiger partial charge in [-0.1, -0.05) is 0 Å². The Hall–Kier alpha value is -0.900. The molecule has 0 aliphatic heterocycles. The lowest BCUT2D eigenvalue weighted by Crippen LogP contribution is -2.38. The maximum Gasteiger partial charge on any atom is 0.306 e. The van der Waals surface area contributed by atoms with Crippen LogP contribution in [0.3, 0.4) is 0 Å². The molecule has 0 heterocycles. The van der Waals surface area contributed by atoms with Gasteiger partial charge in [-0.15, -0.1) is 0 Å². The Bertz CT molecular complexity index is 206. The van der Waals surface area contributed by atoms with Crippen LogP contribution in [0.15, 0.2) is 0 Å². The minimum atomic E-state index is -0.284. The molecule has 0 unspecified atom stereocenters. The normalized spacial score (nSPS) is 11.1. The summed E-state index contributed by atoms with van der Waals surface area (Å²) in [6.45, 7) is 2.67. The number of hydrogen-bond acceptors (Lipinski definition) is 3. The Morgan fingerprint density at radius 1 is 1.14 bits per heavy atom. The summed E-state index contributed by atoms with van der Waals surface area (Å²) >= 11 is 0. The van der Waals surface area contributed by atoms with E-state index < -0.39 is 0 Å². The summed E-state index contributed by atoms with van der Waals surface area (Å²) in [5.74, 6) is -0.262. The number of carbonyl (C=O) groups excluding carboxylic acids is 2. The lowest BCUT2D eigenvalue weighted by atomic mass is 10.2. The highest BCUT2D eigenvalue weighted by molar-refractivity contribution is 5.80. The fourth-order valence-corrected chi connectivity index (χ4v) is 0.784. The summed E-state index contributed by atoms with van der Waals surface area (Å²) in [6.07, 6.45) is 0.482. The average molecular weight is 202 g/mol. The molecule has 0 aromatic carbocycles. The van der Waals surface area contributed by atoms with Gasteiger partial charge in [-0.2, -0.15) is 0 Å². The number of ether oxygens (including phenoxy) is 1. The summed E-state index contributed by atoms with van der Waals surface area (Å²) in [5, 5.41) is 0. The summed E-state index contributed by atoms with van der Waals surface area (Å²) < 4.78 is 5.73. The van der Waals surface area contributed by atoms with Gasteiger partial charge in [-0.25, -0.2) is 0 Å². The molecule has 0 aromatic rings. The molecule has 82 valence electrons. The molecule has 0 aliphatic rings. The molecule has 0 amide bonds. The molecule has 0 bridgehead atoms. The van der Waals surface area contributed by atoms with Crippen LogP contribution >= 0.6 is 0 Å². The third-order valence-electron chi connectivity index (χ3n) is 1.71. The van der Waals surface area contributed by atoms with E-state index in [4.69, 9.17) is 4.74 Å². The van der Waals surface area contributed by atoms with Crippen molar-refractivity contribution >= 4 is 11.8 Å². The first-order chi connectivity index (χ1) is 6.31. The Labute approximate surface area is 85.4 Å². The molecule has 0 radical (unpaired) electrons. The molecule has 0 atom stereocenters. The van der Waals surface area contributed by atoms with Crippen LogP contribution in [-0.2, 0) is 14.3 Å². The first-order valence-electron chi connectivity index (χ1n) is 4.77. The van der Waals surface area contributed by atoms with Crippen LogP contribution in [-0.4, -0.2) is 50.5 Å². The predicted octanol–water partition coefficient (Wildman–Crippen LogP) is 0.605. The van der Waals surface area contributed by atoms with Gasteiger partial charge in [-0.3, -0.25) is 4.79 Å². The zero-order valence-electron chi connectivity index (χ0n) is 9.50. The Balaban J connectivity index is 3.50. The van der Waals surface area contributed by atoms with E-state index in [9.17, 15) is 9.59 Å². The maximum atomic E-state index is 11.1. The predicted molar refractivity (Wildman–Crippen MR) is 53.8 cm³/mol. The topological polar surface area (TPSA) is 43.4 Å². The van der Waals surface area contributed by atoms with Crippen molar-refractivity contribution in [3.05, 3.63) is 0 Å². The number of rotatable bonds is 6. The second-order valence-electron chi connectivity index (χ2n) is 4.44. The van der Waals surface area contributed by atoms with Crippen molar-refractivity contribution in [1.82, 2.24) is 0 Å². The maximum absolute atomic E-state index is 11.1. The van der Waals surface area contributed by atoms with Crippen LogP contribution in [0.25, 0.3) is 0 Å². The van der Waals surface area contributed by atoms with Crippen LogP contribution in [0.4, 0.5) is 0 Å². The lowest BCUT2D eigenvalue weighted by Gasteiger charge is -2.23. The van der Waals surface area contributed by atoms with Gasteiger partial charge in [0.25, 0.3) is 0 Å². The third kappa shape index (κ3) is 9.19. The number of hydrogen-bond donors (Lipinski definition) is 0. The van der Waals surface area contributed by atoms with Crippen molar-refractivity contribution in [1.29, 1.82) is 0 Å². The van der Waals surface area contributed by atoms with Crippen LogP contribution in [0.1, 0.15) is 19.8 Å². The van der Waals surface area contributed by atoms with Crippen molar-refractivity contribution in [2.24, 2.45) is 0 Å². The number of carbonyl (C=O) groups is 2. The highest BCUT2D eigenvalue weighted by atomic mass is 16.5. The zero-order chi connectivity index (χ0) is 11.2. The quantitative estimate of drug-likeness (QED) is 0.468. The van der Waals surface area contributed by atoms with E-state index in [-0.39, 0.29) is 24.6 Å². The van der Waals surface area contributed by atoms with E-state index >= 15 is 0 Å². The van der Waals surface area contributed by atoms with E-state index in [1.165, 1.54) is 6.92 Å². The van der Waals surface area contributed by atoms with Crippen LogP contribution in [0.2, 0.25) is 0 Å². The first-order valence-corrected chi connectivity index (χ1v) is 4.77. The molecule has 0 fully saturated rings. The van der Waals surface area contributed by atoms with E-state index in [2.05, 4.69) is 0 Å². The molecular weight excluding hydrogens is 182 g/mol. The molecule has 0 aromatic heterocycles.